The minimum Gasteiger partial charge on any atom is -0.344 e. The van der Waals surface area contributed by atoms with Gasteiger partial charge in [0.25, 0.3) is 11.8 Å². The highest BCUT2D eigenvalue weighted by molar-refractivity contribution is 6.22. The molecule has 3 amide bonds. The van der Waals surface area contributed by atoms with Crippen molar-refractivity contribution in [1.82, 2.24) is 9.80 Å². The Bertz CT molecular complexity index is 672. The molecule has 1 saturated carbocycles. The molecule has 0 radical (unpaired) electrons. The first-order chi connectivity index (χ1) is 12.4. The monoisotopic (exact) mass is 356 g/mol. The van der Waals surface area contributed by atoms with Gasteiger partial charge < -0.3 is 4.90 Å². The molecule has 0 aromatic heterocycles. The normalized spacial score (nSPS) is 19.0. The summed E-state index contributed by atoms with van der Waals surface area (Å²) in [6.45, 7) is 4.48. The van der Waals surface area contributed by atoms with Crippen LogP contribution in [0.15, 0.2) is 24.3 Å². The van der Waals surface area contributed by atoms with Crippen molar-refractivity contribution in [1.29, 1.82) is 0 Å². The highest BCUT2D eigenvalue weighted by Gasteiger charge is 2.44. The minimum absolute atomic E-state index is 0.139. The molecule has 1 atom stereocenters. The second-order valence-electron chi connectivity index (χ2n) is 7.94. The zero-order valence-corrected chi connectivity index (χ0v) is 15.9. The Hall–Kier alpha value is -2.17. The SMILES string of the molecule is CC(C)C(C(=O)N(C)CC1CCCCC1)N1C(=O)c2ccccc2C1=O. The van der Waals surface area contributed by atoms with Gasteiger partial charge in [-0.3, -0.25) is 19.3 Å². The van der Waals surface area contributed by atoms with Gasteiger partial charge in [0, 0.05) is 13.6 Å². The molecule has 140 valence electrons. The van der Waals surface area contributed by atoms with Crippen LogP contribution in [0.25, 0.3) is 0 Å². The first kappa shape index (κ1) is 18.6. The standard InChI is InChI=1S/C21H28N2O3/c1-14(2)18(21(26)22(3)13-15-9-5-4-6-10-15)23-19(24)16-11-7-8-12-17(16)20(23)25/h7-8,11-12,14-15,18H,4-6,9-10,13H2,1-3H3. The first-order valence-electron chi connectivity index (χ1n) is 9.63. The number of amides is 3. The number of hydrogen-bond donors (Lipinski definition) is 0. The van der Waals surface area contributed by atoms with Gasteiger partial charge in [0.2, 0.25) is 5.91 Å². The van der Waals surface area contributed by atoms with Crippen molar-refractivity contribution in [3.8, 4) is 0 Å². The zero-order valence-electron chi connectivity index (χ0n) is 15.9. The molecule has 1 aliphatic carbocycles. The van der Waals surface area contributed by atoms with E-state index in [4.69, 9.17) is 0 Å². The molecule has 5 heteroatoms. The number of rotatable bonds is 5. The number of benzene rings is 1. The van der Waals surface area contributed by atoms with Crippen molar-refractivity contribution in [3.63, 3.8) is 0 Å². The van der Waals surface area contributed by atoms with Gasteiger partial charge in [-0.25, -0.2) is 0 Å². The van der Waals surface area contributed by atoms with Crippen LogP contribution in [0, 0.1) is 11.8 Å². The van der Waals surface area contributed by atoms with E-state index in [2.05, 4.69) is 0 Å². The van der Waals surface area contributed by atoms with Crippen molar-refractivity contribution in [2.45, 2.75) is 52.0 Å². The maximum Gasteiger partial charge on any atom is 0.262 e. The highest BCUT2D eigenvalue weighted by Crippen LogP contribution is 2.29. The third-order valence-corrected chi connectivity index (χ3v) is 5.62. The molecule has 1 heterocycles. The van der Waals surface area contributed by atoms with E-state index in [-0.39, 0.29) is 23.6 Å². The molecule has 2 aliphatic rings. The lowest BCUT2D eigenvalue weighted by atomic mass is 9.88. The van der Waals surface area contributed by atoms with Crippen molar-refractivity contribution in [2.24, 2.45) is 11.8 Å². The molecule has 26 heavy (non-hydrogen) atoms. The molecule has 0 bridgehead atoms. The van der Waals surface area contributed by atoms with Crippen molar-refractivity contribution in [2.75, 3.05) is 13.6 Å². The topological polar surface area (TPSA) is 57.7 Å². The van der Waals surface area contributed by atoms with Crippen LogP contribution in [-0.4, -0.2) is 47.2 Å². The smallest absolute Gasteiger partial charge is 0.262 e. The van der Waals surface area contributed by atoms with E-state index < -0.39 is 6.04 Å². The van der Waals surface area contributed by atoms with Crippen LogP contribution in [0.5, 0.6) is 0 Å². The maximum absolute atomic E-state index is 13.2. The van der Waals surface area contributed by atoms with E-state index in [1.165, 1.54) is 24.2 Å². The fourth-order valence-electron chi connectivity index (χ4n) is 4.23. The molecule has 0 N–H and O–H groups in total. The van der Waals surface area contributed by atoms with E-state index in [0.717, 1.165) is 12.8 Å². The number of carbonyl (C=O) groups excluding carboxylic acids is 3. The lowest BCUT2D eigenvalue weighted by Crippen LogP contribution is -2.53. The summed E-state index contributed by atoms with van der Waals surface area (Å²) in [5.41, 5.74) is 0.789. The lowest BCUT2D eigenvalue weighted by molar-refractivity contribution is -0.136. The van der Waals surface area contributed by atoms with Crippen LogP contribution in [0.4, 0.5) is 0 Å². The van der Waals surface area contributed by atoms with E-state index in [1.54, 1.807) is 36.2 Å². The molecular weight excluding hydrogens is 328 g/mol. The predicted molar refractivity (Wildman–Crippen MR) is 99.8 cm³/mol. The van der Waals surface area contributed by atoms with Gasteiger partial charge in [0.15, 0.2) is 0 Å². The number of likely N-dealkylation sites (N-methyl/N-ethyl adjacent to an activating group) is 1. The molecule has 5 nitrogen and oxygen atoms in total. The molecular formula is C21H28N2O3. The third kappa shape index (κ3) is 3.39. The van der Waals surface area contributed by atoms with Crippen LogP contribution in [0.2, 0.25) is 0 Å². The molecule has 1 aromatic rings. The third-order valence-electron chi connectivity index (χ3n) is 5.62. The van der Waals surface area contributed by atoms with Gasteiger partial charge >= 0.3 is 0 Å². The second kappa shape index (κ2) is 7.60. The lowest BCUT2D eigenvalue weighted by Gasteiger charge is -2.34. The van der Waals surface area contributed by atoms with E-state index in [9.17, 15) is 14.4 Å². The molecule has 1 aromatic carbocycles. The largest absolute Gasteiger partial charge is 0.344 e. The Labute approximate surface area is 155 Å². The molecule has 0 spiro atoms. The summed E-state index contributed by atoms with van der Waals surface area (Å²) in [5.74, 6) is -0.473. The van der Waals surface area contributed by atoms with E-state index in [1.807, 2.05) is 13.8 Å². The average Bonchev–Trinajstić information content (AvgIpc) is 2.88. The Kier molecular flexibility index (Phi) is 5.44. The summed E-state index contributed by atoms with van der Waals surface area (Å²) in [6, 6.07) is 6.05. The fraction of sp³-hybridized carbons (Fsp3) is 0.571. The van der Waals surface area contributed by atoms with Crippen LogP contribution >= 0.6 is 0 Å². The number of hydrogen-bond acceptors (Lipinski definition) is 3. The van der Waals surface area contributed by atoms with Gasteiger partial charge in [0.05, 0.1) is 11.1 Å². The Balaban J connectivity index is 1.80. The van der Waals surface area contributed by atoms with Crippen molar-refractivity contribution in [3.05, 3.63) is 35.4 Å². The summed E-state index contributed by atoms with van der Waals surface area (Å²) < 4.78 is 0. The van der Waals surface area contributed by atoms with Crippen LogP contribution < -0.4 is 0 Å². The molecule has 3 rings (SSSR count). The average molecular weight is 356 g/mol. The van der Waals surface area contributed by atoms with Gasteiger partial charge in [0.1, 0.15) is 6.04 Å². The second-order valence-corrected chi connectivity index (χ2v) is 7.94. The molecule has 1 unspecified atom stereocenters. The molecule has 0 saturated heterocycles. The summed E-state index contributed by atoms with van der Waals surface area (Å²) >= 11 is 0. The quantitative estimate of drug-likeness (QED) is 0.760. The molecule has 1 fully saturated rings. The van der Waals surface area contributed by atoms with Gasteiger partial charge in [-0.15, -0.1) is 0 Å². The van der Waals surface area contributed by atoms with Crippen molar-refractivity contribution < 1.29 is 14.4 Å². The number of nitrogens with zero attached hydrogens (tertiary/aromatic N) is 2. The molecule has 1 aliphatic heterocycles. The van der Waals surface area contributed by atoms with Gasteiger partial charge in [-0.05, 0) is 36.8 Å². The summed E-state index contributed by atoms with van der Waals surface area (Å²) in [5, 5.41) is 0. The maximum atomic E-state index is 13.2. The zero-order chi connectivity index (χ0) is 18.8. The fourth-order valence-corrected chi connectivity index (χ4v) is 4.23. The van der Waals surface area contributed by atoms with E-state index >= 15 is 0 Å². The Morgan fingerprint density at radius 2 is 1.62 bits per heavy atom. The summed E-state index contributed by atoms with van der Waals surface area (Å²) in [6.07, 6.45) is 6.02. The number of fused-ring (bicyclic) bond motifs is 1. The first-order valence-corrected chi connectivity index (χ1v) is 9.63. The minimum atomic E-state index is -0.754. The Morgan fingerprint density at radius 3 is 2.12 bits per heavy atom. The van der Waals surface area contributed by atoms with Gasteiger partial charge in [-0.1, -0.05) is 45.2 Å². The van der Waals surface area contributed by atoms with Gasteiger partial charge in [-0.2, -0.15) is 0 Å². The highest BCUT2D eigenvalue weighted by atomic mass is 16.2. The number of carbonyl (C=O) groups is 3. The number of imide groups is 1. The van der Waals surface area contributed by atoms with Crippen LogP contribution in [-0.2, 0) is 4.79 Å². The summed E-state index contributed by atoms with van der Waals surface area (Å²) in [7, 11) is 1.80. The Morgan fingerprint density at radius 1 is 1.08 bits per heavy atom. The van der Waals surface area contributed by atoms with Crippen molar-refractivity contribution >= 4 is 17.7 Å². The van der Waals surface area contributed by atoms with Crippen LogP contribution in [0.1, 0.15) is 66.7 Å². The van der Waals surface area contributed by atoms with E-state index in [0.29, 0.717) is 23.6 Å². The summed E-state index contributed by atoms with van der Waals surface area (Å²) in [4.78, 5) is 41.7. The predicted octanol–water partition coefficient (Wildman–Crippen LogP) is 3.35. The van der Waals surface area contributed by atoms with Crippen LogP contribution in [0.3, 0.4) is 0 Å².